The summed E-state index contributed by atoms with van der Waals surface area (Å²) in [4.78, 5) is 2.45. The van der Waals surface area contributed by atoms with E-state index >= 15 is 0 Å². The predicted molar refractivity (Wildman–Crippen MR) is 57.9 cm³/mol. The molecule has 1 atom stereocenters. The zero-order chi connectivity index (χ0) is 9.52. The SMILES string of the molecule is C=CCCCN(C)CC1CCNC1. The van der Waals surface area contributed by atoms with Crippen LogP contribution in [-0.2, 0) is 0 Å². The van der Waals surface area contributed by atoms with Gasteiger partial charge < -0.3 is 10.2 Å². The lowest BCUT2D eigenvalue weighted by molar-refractivity contribution is 0.283. The van der Waals surface area contributed by atoms with Crippen molar-refractivity contribution in [3.8, 4) is 0 Å². The van der Waals surface area contributed by atoms with E-state index in [1.54, 1.807) is 0 Å². The molecule has 1 fully saturated rings. The second kappa shape index (κ2) is 6.17. The monoisotopic (exact) mass is 182 g/mol. The standard InChI is InChI=1S/C11H22N2/c1-3-4-5-8-13(2)10-11-6-7-12-9-11/h3,11-12H,1,4-10H2,2H3. The Kier molecular flexibility index (Phi) is 5.09. The van der Waals surface area contributed by atoms with Crippen molar-refractivity contribution >= 4 is 0 Å². The molecular formula is C11H22N2. The van der Waals surface area contributed by atoms with Crippen LogP contribution in [0, 0.1) is 5.92 Å². The molecule has 1 N–H and O–H groups in total. The first-order chi connectivity index (χ1) is 6.33. The molecule has 76 valence electrons. The average molecular weight is 182 g/mol. The maximum atomic E-state index is 3.73. The van der Waals surface area contributed by atoms with Gasteiger partial charge in [-0.15, -0.1) is 6.58 Å². The zero-order valence-corrected chi connectivity index (χ0v) is 8.76. The summed E-state index contributed by atoms with van der Waals surface area (Å²) in [6.07, 6.45) is 5.75. The summed E-state index contributed by atoms with van der Waals surface area (Å²) in [7, 11) is 2.22. The maximum Gasteiger partial charge on any atom is 0.00192 e. The molecule has 1 rings (SSSR count). The molecule has 0 aliphatic carbocycles. The topological polar surface area (TPSA) is 15.3 Å². The van der Waals surface area contributed by atoms with Crippen LogP contribution in [0.3, 0.4) is 0 Å². The third-order valence-corrected chi connectivity index (χ3v) is 2.68. The van der Waals surface area contributed by atoms with Crippen molar-refractivity contribution in [1.29, 1.82) is 0 Å². The number of hydrogen-bond donors (Lipinski definition) is 1. The summed E-state index contributed by atoms with van der Waals surface area (Å²) in [6, 6.07) is 0. The van der Waals surface area contributed by atoms with Crippen LogP contribution in [0.5, 0.6) is 0 Å². The van der Waals surface area contributed by atoms with Crippen molar-refractivity contribution in [1.82, 2.24) is 10.2 Å². The van der Waals surface area contributed by atoms with Crippen LogP contribution in [0.25, 0.3) is 0 Å². The van der Waals surface area contributed by atoms with Crippen molar-refractivity contribution in [3.63, 3.8) is 0 Å². The summed E-state index contributed by atoms with van der Waals surface area (Å²) in [5.41, 5.74) is 0. The Morgan fingerprint density at radius 3 is 3.08 bits per heavy atom. The molecule has 1 aliphatic rings. The quantitative estimate of drug-likeness (QED) is 0.494. The van der Waals surface area contributed by atoms with Crippen LogP contribution in [0.4, 0.5) is 0 Å². The summed E-state index contributed by atoms with van der Waals surface area (Å²) < 4.78 is 0. The van der Waals surface area contributed by atoms with Gasteiger partial charge in [0.25, 0.3) is 0 Å². The lowest BCUT2D eigenvalue weighted by atomic mass is 10.1. The van der Waals surface area contributed by atoms with Gasteiger partial charge in [-0.3, -0.25) is 0 Å². The first-order valence-electron chi connectivity index (χ1n) is 5.33. The average Bonchev–Trinajstić information content (AvgIpc) is 2.57. The molecule has 0 amide bonds. The third kappa shape index (κ3) is 4.44. The van der Waals surface area contributed by atoms with Crippen molar-refractivity contribution in [2.24, 2.45) is 5.92 Å². The molecule has 1 aliphatic heterocycles. The molecule has 1 saturated heterocycles. The van der Waals surface area contributed by atoms with Gasteiger partial charge in [0.05, 0.1) is 0 Å². The van der Waals surface area contributed by atoms with Crippen LogP contribution in [0.1, 0.15) is 19.3 Å². The highest BCUT2D eigenvalue weighted by atomic mass is 15.1. The largest absolute Gasteiger partial charge is 0.316 e. The van der Waals surface area contributed by atoms with Crippen molar-refractivity contribution < 1.29 is 0 Å². The van der Waals surface area contributed by atoms with E-state index in [0.29, 0.717) is 0 Å². The van der Waals surface area contributed by atoms with Crippen LogP contribution in [0.15, 0.2) is 12.7 Å². The molecule has 1 unspecified atom stereocenters. The molecule has 2 nitrogen and oxygen atoms in total. The number of nitrogens with one attached hydrogen (secondary N) is 1. The van der Waals surface area contributed by atoms with E-state index in [2.05, 4.69) is 23.8 Å². The van der Waals surface area contributed by atoms with Crippen LogP contribution < -0.4 is 5.32 Å². The van der Waals surface area contributed by atoms with E-state index in [1.807, 2.05) is 6.08 Å². The summed E-state index contributed by atoms with van der Waals surface area (Å²) in [5, 5.41) is 3.40. The van der Waals surface area contributed by atoms with Gasteiger partial charge in [0.2, 0.25) is 0 Å². The van der Waals surface area contributed by atoms with E-state index in [0.717, 1.165) is 12.3 Å². The van der Waals surface area contributed by atoms with Gasteiger partial charge in [-0.2, -0.15) is 0 Å². The summed E-state index contributed by atoms with van der Waals surface area (Å²) in [5.74, 6) is 0.883. The van der Waals surface area contributed by atoms with E-state index in [-0.39, 0.29) is 0 Å². The predicted octanol–water partition coefficient (Wildman–Crippen LogP) is 1.49. The molecule has 0 saturated carbocycles. The second-order valence-corrected chi connectivity index (χ2v) is 4.05. The normalized spacial score (nSPS) is 22.5. The lowest BCUT2D eigenvalue weighted by Crippen LogP contribution is -2.27. The van der Waals surface area contributed by atoms with Gasteiger partial charge in [0.1, 0.15) is 0 Å². The molecule has 2 heteroatoms. The number of unbranched alkanes of at least 4 members (excludes halogenated alkanes) is 1. The minimum Gasteiger partial charge on any atom is -0.316 e. The van der Waals surface area contributed by atoms with E-state index in [4.69, 9.17) is 0 Å². The zero-order valence-electron chi connectivity index (χ0n) is 8.76. The molecule has 0 spiro atoms. The Hall–Kier alpha value is -0.340. The van der Waals surface area contributed by atoms with Crippen molar-refractivity contribution in [3.05, 3.63) is 12.7 Å². The molecule has 0 radical (unpaired) electrons. The van der Waals surface area contributed by atoms with Gasteiger partial charge in [-0.25, -0.2) is 0 Å². The lowest BCUT2D eigenvalue weighted by Gasteiger charge is -2.19. The van der Waals surface area contributed by atoms with Gasteiger partial charge in [-0.1, -0.05) is 6.08 Å². The minimum atomic E-state index is 0.883. The van der Waals surface area contributed by atoms with Gasteiger partial charge in [-0.05, 0) is 51.9 Å². The van der Waals surface area contributed by atoms with E-state index < -0.39 is 0 Å². The van der Waals surface area contributed by atoms with Crippen LogP contribution in [-0.4, -0.2) is 38.1 Å². The number of rotatable bonds is 6. The molecule has 13 heavy (non-hydrogen) atoms. The fourth-order valence-corrected chi connectivity index (χ4v) is 1.91. The molecule has 0 bridgehead atoms. The van der Waals surface area contributed by atoms with Crippen LogP contribution in [0.2, 0.25) is 0 Å². The highest BCUT2D eigenvalue weighted by molar-refractivity contribution is 4.74. The Labute approximate surface area is 82.0 Å². The minimum absolute atomic E-state index is 0.883. The molecule has 0 aromatic heterocycles. The fraction of sp³-hybridized carbons (Fsp3) is 0.818. The smallest absolute Gasteiger partial charge is 0.00192 e. The number of nitrogens with zero attached hydrogens (tertiary/aromatic N) is 1. The fourth-order valence-electron chi connectivity index (χ4n) is 1.91. The first-order valence-corrected chi connectivity index (χ1v) is 5.33. The summed E-state index contributed by atoms with van der Waals surface area (Å²) in [6.45, 7) is 8.62. The maximum absolute atomic E-state index is 3.73. The highest BCUT2D eigenvalue weighted by Crippen LogP contribution is 2.08. The number of hydrogen-bond acceptors (Lipinski definition) is 2. The Bertz CT molecular complexity index is 139. The molecule has 1 heterocycles. The van der Waals surface area contributed by atoms with E-state index in [9.17, 15) is 0 Å². The van der Waals surface area contributed by atoms with Gasteiger partial charge >= 0.3 is 0 Å². The first kappa shape index (κ1) is 10.7. The molecule has 0 aromatic rings. The van der Waals surface area contributed by atoms with Crippen molar-refractivity contribution in [2.45, 2.75) is 19.3 Å². The Morgan fingerprint density at radius 2 is 2.46 bits per heavy atom. The molecular weight excluding hydrogens is 160 g/mol. The third-order valence-electron chi connectivity index (χ3n) is 2.68. The van der Waals surface area contributed by atoms with Gasteiger partial charge in [0, 0.05) is 6.54 Å². The van der Waals surface area contributed by atoms with E-state index in [1.165, 1.54) is 39.0 Å². The van der Waals surface area contributed by atoms with Crippen molar-refractivity contribution in [2.75, 3.05) is 33.2 Å². The number of allylic oxidation sites excluding steroid dienone is 1. The Balaban J connectivity index is 2.02. The summed E-state index contributed by atoms with van der Waals surface area (Å²) >= 11 is 0. The highest BCUT2D eigenvalue weighted by Gasteiger charge is 2.15. The van der Waals surface area contributed by atoms with Gasteiger partial charge in [0.15, 0.2) is 0 Å². The Morgan fingerprint density at radius 1 is 1.62 bits per heavy atom. The second-order valence-electron chi connectivity index (χ2n) is 4.05. The molecule has 0 aromatic carbocycles. The van der Waals surface area contributed by atoms with Crippen LogP contribution >= 0.6 is 0 Å².